The summed E-state index contributed by atoms with van der Waals surface area (Å²) in [6.07, 6.45) is 4.50. The largest absolute Gasteiger partial charge is 0.480 e. The zero-order chi connectivity index (χ0) is 12.8. The average Bonchev–Trinajstić information content (AvgIpc) is 2.31. The fraction of sp³-hybridized carbons (Fsp3) is 0.833. The van der Waals surface area contributed by atoms with E-state index in [0.29, 0.717) is 0 Å². The van der Waals surface area contributed by atoms with Crippen LogP contribution in [0.25, 0.3) is 0 Å². The third kappa shape index (κ3) is 3.61. The highest BCUT2D eigenvalue weighted by molar-refractivity contribution is 5.79. The van der Waals surface area contributed by atoms with E-state index in [1.807, 2.05) is 0 Å². The van der Waals surface area contributed by atoms with Crippen LogP contribution in [0, 0.1) is 0 Å². The molecule has 5 nitrogen and oxygen atoms in total. The second kappa shape index (κ2) is 6.47. The van der Waals surface area contributed by atoms with Crippen molar-refractivity contribution in [1.82, 2.24) is 4.90 Å². The van der Waals surface area contributed by atoms with Gasteiger partial charge in [-0.25, -0.2) is 9.59 Å². The smallest absolute Gasteiger partial charge is 0.410 e. The van der Waals surface area contributed by atoms with Crippen LogP contribution in [0.5, 0.6) is 0 Å². The second-order valence-electron chi connectivity index (χ2n) is 4.41. The van der Waals surface area contributed by atoms with Crippen molar-refractivity contribution in [1.29, 1.82) is 0 Å². The molecule has 1 aliphatic carbocycles. The molecule has 0 saturated heterocycles. The van der Waals surface area contributed by atoms with E-state index in [2.05, 4.69) is 0 Å². The van der Waals surface area contributed by atoms with Crippen LogP contribution in [-0.2, 0) is 9.53 Å². The van der Waals surface area contributed by atoms with Crippen LogP contribution in [0.15, 0.2) is 0 Å². The summed E-state index contributed by atoms with van der Waals surface area (Å²) in [6.45, 7) is 3.53. The third-order valence-electron chi connectivity index (χ3n) is 3.22. The quantitative estimate of drug-likeness (QED) is 0.822. The number of rotatable bonds is 4. The normalized spacial score (nSPS) is 18.5. The lowest BCUT2D eigenvalue weighted by Crippen LogP contribution is -2.50. The Bertz CT molecular complexity index is 274. The monoisotopic (exact) mass is 243 g/mol. The summed E-state index contributed by atoms with van der Waals surface area (Å²) in [4.78, 5) is 24.3. The molecular formula is C12H21NO4. The fourth-order valence-electron chi connectivity index (χ4n) is 2.30. The minimum absolute atomic E-state index is 0.00824. The van der Waals surface area contributed by atoms with Gasteiger partial charge in [-0.2, -0.15) is 0 Å². The van der Waals surface area contributed by atoms with Crippen LogP contribution in [-0.4, -0.2) is 40.8 Å². The van der Waals surface area contributed by atoms with Crippen LogP contribution in [0.2, 0.25) is 0 Å². The van der Waals surface area contributed by atoms with E-state index < -0.39 is 18.1 Å². The molecule has 17 heavy (non-hydrogen) atoms. The van der Waals surface area contributed by atoms with Gasteiger partial charge in [0.1, 0.15) is 6.04 Å². The van der Waals surface area contributed by atoms with Crippen LogP contribution < -0.4 is 0 Å². The zero-order valence-electron chi connectivity index (χ0n) is 10.5. The summed E-state index contributed by atoms with van der Waals surface area (Å²) >= 11 is 0. The number of aliphatic carboxylic acids is 1. The molecular weight excluding hydrogens is 222 g/mol. The van der Waals surface area contributed by atoms with Crippen molar-refractivity contribution in [2.24, 2.45) is 0 Å². The first-order chi connectivity index (χ1) is 8.07. The van der Waals surface area contributed by atoms with E-state index in [1.165, 1.54) is 11.8 Å². The molecule has 0 aromatic carbocycles. The first kappa shape index (κ1) is 13.8. The highest BCUT2D eigenvalue weighted by Gasteiger charge is 2.33. The number of nitrogens with zero attached hydrogens (tertiary/aromatic N) is 1. The standard InChI is InChI=1S/C12H21NO4/c1-3-17-12(16)13(9(2)11(14)15)10-7-5-4-6-8-10/h9-10H,3-8H2,1-2H3,(H,14,15). The van der Waals surface area contributed by atoms with E-state index in [1.54, 1.807) is 6.92 Å². The average molecular weight is 243 g/mol. The molecule has 1 unspecified atom stereocenters. The highest BCUT2D eigenvalue weighted by Crippen LogP contribution is 2.25. The molecule has 0 bridgehead atoms. The van der Waals surface area contributed by atoms with Gasteiger partial charge in [-0.15, -0.1) is 0 Å². The topological polar surface area (TPSA) is 66.8 Å². The summed E-state index contributed by atoms with van der Waals surface area (Å²) in [7, 11) is 0. The van der Waals surface area contributed by atoms with Gasteiger partial charge in [0.15, 0.2) is 0 Å². The molecule has 0 radical (unpaired) electrons. The predicted molar refractivity (Wildman–Crippen MR) is 62.8 cm³/mol. The maximum Gasteiger partial charge on any atom is 0.410 e. The number of carbonyl (C=O) groups is 2. The minimum atomic E-state index is -0.983. The molecule has 1 rings (SSSR count). The highest BCUT2D eigenvalue weighted by atomic mass is 16.6. The van der Waals surface area contributed by atoms with Crippen molar-refractivity contribution in [2.45, 2.75) is 58.0 Å². The molecule has 0 spiro atoms. The number of carboxylic acids is 1. The molecule has 1 atom stereocenters. The Hall–Kier alpha value is -1.26. The number of hydrogen-bond donors (Lipinski definition) is 1. The van der Waals surface area contributed by atoms with Crippen molar-refractivity contribution in [3.05, 3.63) is 0 Å². The van der Waals surface area contributed by atoms with Gasteiger partial charge in [-0.1, -0.05) is 19.3 Å². The lowest BCUT2D eigenvalue weighted by molar-refractivity contribution is -0.143. The number of carbonyl (C=O) groups excluding carboxylic acids is 1. The van der Waals surface area contributed by atoms with Gasteiger partial charge in [0.25, 0.3) is 0 Å². The maximum atomic E-state index is 11.8. The van der Waals surface area contributed by atoms with Crippen molar-refractivity contribution in [3.8, 4) is 0 Å². The molecule has 1 N–H and O–H groups in total. The van der Waals surface area contributed by atoms with Crippen LogP contribution in [0.4, 0.5) is 4.79 Å². The number of carboxylic acid groups (broad SMARTS) is 1. The van der Waals surface area contributed by atoms with Gasteiger partial charge in [0.05, 0.1) is 6.61 Å². The SMILES string of the molecule is CCOC(=O)N(C1CCCCC1)C(C)C(=O)O. The molecule has 0 aromatic heterocycles. The molecule has 98 valence electrons. The molecule has 1 fully saturated rings. The van der Waals surface area contributed by atoms with Crippen molar-refractivity contribution >= 4 is 12.1 Å². The van der Waals surface area contributed by atoms with Crippen molar-refractivity contribution in [3.63, 3.8) is 0 Å². The Kier molecular flexibility index (Phi) is 5.25. The minimum Gasteiger partial charge on any atom is -0.480 e. The number of hydrogen-bond acceptors (Lipinski definition) is 3. The van der Waals surface area contributed by atoms with Gasteiger partial charge in [0.2, 0.25) is 0 Å². The summed E-state index contributed by atoms with van der Waals surface area (Å²) in [5.74, 6) is -0.983. The Labute approximate surface area is 102 Å². The summed E-state index contributed by atoms with van der Waals surface area (Å²) in [5, 5.41) is 9.05. The van der Waals surface area contributed by atoms with Crippen LogP contribution in [0.1, 0.15) is 46.0 Å². The van der Waals surface area contributed by atoms with E-state index >= 15 is 0 Å². The molecule has 5 heteroatoms. The van der Waals surface area contributed by atoms with E-state index in [4.69, 9.17) is 9.84 Å². The summed E-state index contributed by atoms with van der Waals surface area (Å²) < 4.78 is 4.95. The Morgan fingerprint density at radius 3 is 2.41 bits per heavy atom. The van der Waals surface area contributed by atoms with Crippen molar-refractivity contribution < 1.29 is 19.4 Å². The predicted octanol–water partition coefficient (Wildman–Crippen LogP) is 2.25. The Morgan fingerprint density at radius 1 is 1.35 bits per heavy atom. The fourth-order valence-corrected chi connectivity index (χ4v) is 2.30. The second-order valence-corrected chi connectivity index (χ2v) is 4.41. The van der Waals surface area contributed by atoms with Gasteiger partial charge in [-0.3, -0.25) is 4.90 Å². The lowest BCUT2D eigenvalue weighted by Gasteiger charge is -2.35. The Balaban J connectivity index is 2.76. The van der Waals surface area contributed by atoms with E-state index in [0.717, 1.165) is 32.1 Å². The number of ether oxygens (including phenoxy) is 1. The van der Waals surface area contributed by atoms with Gasteiger partial charge in [0, 0.05) is 6.04 Å². The van der Waals surface area contributed by atoms with Crippen LogP contribution in [0.3, 0.4) is 0 Å². The first-order valence-electron chi connectivity index (χ1n) is 6.25. The summed E-state index contributed by atoms with van der Waals surface area (Å²) in [6, 6.07) is -0.814. The van der Waals surface area contributed by atoms with Crippen LogP contribution >= 0.6 is 0 Å². The molecule has 1 aliphatic rings. The Morgan fingerprint density at radius 2 is 1.94 bits per heavy atom. The molecule has 0 aliphatic heterocycles. The summed E-state index contributed by atoms with van der Waals surface area (Å²) in [5.41, 5.74) is 0. The van der Waals surface area contributed by atoms with E-state index in [-0.39, 0.29) is 12.6 Å². The van der Waals surface area contributed by atoms with Gasteiger partial charge >= 0.3 is 12.1 Å². The molecule has 0 heterocycles. The maximum absolute atomic E-state index is 11.8. The lowest BCUT2D eigenvalue weighted by atomic mass is 9.93. The number of amides is 1. The van der Waals surface area contributed by atoms with Gasteiger partial charge in [-0.05, 0) is 26.7 Å². The molecule has 0 aromatic rings. The third-order valence-corrected chi connectivity index (χ3v) is 3.22. The molecule has 1 saturated carbocycles. The first-order valence-corrected chi connectivity index (χ1v) is 6.25. The van der Waals surface area contributed by atoms with E-state index in [9.17, 15) is 9.59 Å². The van der Waals surface area contributed by atoms with Crippen molar-refractivity contribution in [2.75, 3.05) is 6.61 Å². The zero-order valence-corrected chi connectivity index (χ0v) is 10.5. The van der Waals surface area contributed by atoms with Gasteiger partial charge < -0.3 is 9.84 Å². The molecule has 1 amide bonds.